The van der Waals surface area contributed by atoms with Crippen LogP contribution in [0.3, 0.4) is 0 Å². The zero-order chi connectivity index (χ0) is 13.4. The van der Waals surface area contributed by atoms with E-state index in [0.717, 1.165) is 42.5 Å². The van der Waals surface area contributed by atoms with E-state index in [-0.39, 0.29) is 5.82 Å². The van der Waals surface area contributed by atoms with Gasteiger partial charge in [-0.2, -0.15) is 0 Å². The van der Waals surface area contributed by atoms with Gasteiger partial charge in [0.25, 0.3) is 0 Å². The van der Waals surface area contributed by atoms with Crippen molar-refractivity contribution in [3.05, 3.63) is 47.3 Å². The lowest BCUT2D eigenvalue weighted by atomic mass is 10.2. The van der Waals surface area contributed by atoms with Crippen molar-refractivity contribution in [3.63, 3.8) is 0 Å². The minimum absolute atomic E-state index is 0.202. The van der Waals surface area contributed by atoms with Gasteiger partial charge in [0.05, 0.1) is 17.9 Å². The van der Waals surface area contributed by atoms with Crippen LogP contribution >= 0.6 is 0 Å². The zero-order valence-corrected chi connectivity index (χ0v) is 10.9. The molecule has 0 spiro atoms. The summed E-state index contributed by atoms with van der Waals surface area (Å²) in [5.74, 6) is 0.807. The van der Waals surface area contributed by atoms with Crippen LogP contribution in [0.15, 0.2) is 24.3 Å². The maximum Gasteiger partial charge on any atom is 0.125 e. The molecule has 2 N–H and O–H groups in total. The van der Waals surface area contributed by atoms with E-state index < -0.39 is 0 Å². The maximum atomic E-state index is 13.3. The van der Waals surface area contributed by atoms with Gasteiger partial charge in [0.1, 0.15) is 11.6 Å². The molecule has 5 heteroatoms. The third kappa shape index (κ3) is 2.10. The molecule has 1 aliphatic rings. The average molecular weight is 260 g/mol. The minimum atomic E-state index is -0.202. The molecule has 0 radical (unpaired) electrons. The van der Waals surface area contributed by atoms with Crippen molar-refractivity contribution in [3.8, 4) is 0 Å². The van der Waals surface area contributed by atoms with Crippen LogP contribution in [-0.4, -0.2) is 16.1 Å². The number of hydrogen-bond acceptors (Lipinski definition) is 3. The van der Waals surface area contributed by atoms with Gasteiger partial charge in [-0.3, -0.25) is 0 Å². The number of hydrogen-bond donors (Lipinski definition) is 1. The standard InChI is InChI=1S/C14H17FN4/c1-10-17-13(8-16)14-9-18(5-6-19(10)14)12-4-2-3-11(15)7-12/h2-4,7H,5-6,8-9,16H2,1H3. The molecule has 2 heterocycles. The van der Waals surface area contributed by atoms with E-state index in [1.807, 2.05) is 13.0 Å². The summed E-state index contributed by atoms with van der Waals surface area (Å²) in [7, 11) is 0. The van der Waals surface area contributed by atoms with Gasteiger partial charge in [0.15, 0.2) is 0 Å². The largest absolute Gasteiger partial charge is 0.364 e. The number of imidazole rings is 1. The highest BCUT2D eigenvalue weighted by molar-refractivity contribution is 5.47. The van der Waals surface area contributed by atoms with E-state index in [4.69, 9.17) is 5.73 Å². The van der Waals surface area contributed by atoms with E-state index in [0.29, 0.717) is 6.54 Å². The van der Waals surface area contributed by atoms with Crippen LogP contribution in [0, 0.1) is 12.7 Å². The van der Waals surface area contributed by atoms with E-state index in [2.05, 4.69) is 14.5 Å². The lowest BCUT2D eigenvalue weighted by molar-refractivity contribution is 0.555. The fourth-order valence-electron chi connectivity index (χ4n) is 2.68. The summed E-state index contributed by atoms with van der Waals surface area (Å²) in [5.41, 5.74) is 8.74. The Balaban J connectivity index is 1.93. The summed E-state index contributed by atoms with van der Waals surface area (Å²) < 4.78 is 15.5. The summed E-state index contributed by atoms with van der Waals surface area (Å²) in [6, 6.07) is 6.71. The smallest absolute Gasteiger partial charge is 0.125 e. The SMILES string of the molecule is Cc1nc(CN)c2n1CCN(c1cccc(F)c1)C2. The predicted molar refractivity (Wildman–Crippen MR) is 72.3 cm³/mol. The monoisotopic (exact) mass is 260 g/mol. The molecule has 0 amide bonds. The first-order valence-corrected chi connectivity index (χ1v) is 6.44. The highest BCUT2D eigenvalue weighted by Crippen LogP contribution is 2.24. The van der Waals surface area contributed by atoms with Crippen LogP contribution in [0.25, 0.3) is 0 Å². The Morgan fingerprint density at radius 3 is 2.95 bits per heavy atom. The normalized spacial score (nSPS) is 14.6. The number of nitrogens with zero attached hydrogens (tertiary/aromatic N) is 3. The summed E-state index contributed by atoms with van der Waals surface area (Å²) in [4.78, 5) is 6.66. The Morgan fingerprint density at radius 1 is 1.37 bits per heavy atom. The highest BCUT2D eigenvalue weighted by atomic mass is 19.1. The van der Waals surface area contributed by atoms with E-state index in [1.165, 1.54) is 6.07 Å². The lowest BCUT2D eigenvalue weighted by Gasteiger charge is -2.31. The molecule has 0 bridgehead atoms. The van der Waals surface area contributed by atoms with Gasteiger partial charge in [-0.1, -0.05) is 6.07 Å². The number of fused-ring (bicyclic) bond motifs is 1. The van der Waals surface area contributed by atoms with E-state index in [1.54, 1.807) is 12.1 Å². The van der Waals surface area contributed by atoms with Gasteiger partial charge in [0, 0.05) is 25.3 Å². The summed E-state index contributed by atoms with van der Waals surface area (Å²) >= 11 is 0. The van der Waals surface area contributed by atoms with Crippen LogP contribution in [-0.2, 0) is 19.6 Å². The van der Waals surface area contributed by atoms with Gasteiger partial charge >= 0.3 is 0 Å². The van der Waals surface area contributed by atoms with Crippen LogP contribution < -0.4 is 10.6 Å². The number of rotatable bonds is 2. The van der Waals surface area contributed by atoms with E-state index >= 15 is 0 Å². The van der Waals surface area contributed by atoms with Crippen LogP contribution in [0.2, 0.25) is 0 Å². The number of aromatic nitrogens is 2. The third-order valence-electron chi connectivity index (χ3n) is 3.65. The molecule has 1 aromatic heterocycles. The second-order valence-electron chi connectivity index (χ2n) is 4.81. The first kappa shape index (κ1) is 12.2. The number of nitrogens with two attached hydrogens (primary N) is 1. The van der Waals surface area contributed by atoms with Gasteiger partial charge in [-0.05, 0) is 25.1 Å². The Kier molecular flexibility index (Phi) is 2.98. The first-order chi connectivity index (χ1) is 9.19. The fourth-order valence-corrected chi connectivity index (χ4v) is 2.68. The molecule has 4 nitrogen and oxygen atoms in total. The molecule has 0 atom stereocenters. The maximum absolute atomic E-state index is 13.3. The summed E-state index contributed by atoms with van der Waals surface area (Å²) in [6.45, 7) is 4.90. The van der Waals surface area contributed by atoms with Crippen molar-refractivity contribution in [2.45, 2.75) is 26.6 Å². The molecular formula is C14H17FN4. The van der Waals surface area contributed by atoms with Crippen molar-refractivity contribution < 1.29 is 4.39 Å². The second-order valence-corrected chi connectivity index (χ2v) is 4.81. The molecule has 2 aromatic rings. The molecule has 0 saturated heterocycles. The predicted octanol–water partition coefficient (Wildman–Crippen LogP) is 1.81. The van der Waals surface area contributed by atoms with Crippen molar-refractivity contribution >= 4 is 5.69 Å². The number of aryl methyl sites for hydroxylation is 1. The van der Waals surface area contributed by atoms with Crippen LogP contribution in [0.1, 0.15) is 17.2 Å². The number of benzene rings is 1. The molecule has 0 aliphatic carbocycles. The summed E-state index contributed by atoms with van der Waals surface area (Å²) in [5, 5.41) is 0. The number of anilines is 1. The lowest BCUT2D eigenvalue weighted by Crippen LogP contribution is -2.34. The molecular weight excluding hydrogens is 243 g/mol. The second kappa shape index (κ2) is 4.66. The highest BCUT2D eigenvalue weighted by Gasteiger charge is 2.22. The molecule has 1 aliphatic heterocycles. The molecule has 0 fully saturated rings. The topological polar surface area (TPSA) is 47.1 Å². The van der Waals surface area contributed by atoms with Gasteiger partial charge in [-0.25, -0.2) is 9.37 Å². The van der Waals surface area contributed by atoms with Gasteiger partial charge in [-0.15, -0.1) is 0 Å². The van der Waals surface area contributed by atoms with Crippen LogP contribution in [0.4, 0.5) is 10.1 Å². The van der Waals surface area contributed by atoms with E-state index in [9.17, 15) is 4.39 Å². The van der Waals surface area contributed by atoms with Gasteiger partial charge in [0.2, 0.25) is 0 Å². The molecule has 19 heavy (non-hydrogen) atoms. The Bertz CT molecular complexity index is 605. The summed E-state index contributed by atoms with van der Waals surface area (Å²) in [6.07, 6.45) is 0. The van der Waals surface area contributed by atoms with Gasteiger partial charge < -0.3 is 15.2 Å². The third-order valence-corrected chi connectivity index (χ3v) is 3.65. The fraction of sp³-hybridized carbons (Fsp3) is 0.357. The molecule has 100 valence electrons. The first-order valence-electron chi connectivity index (χ1n) is 6.44. The Morgan fingerprint density at radius 2 is 2.21 bits per heavy atom. The quantitative estimate of drug-likeness (QED) is 0.895. The Labute approximate surface area is 111 Å². The number of halogens is 1. The molecule has 3 rings (SSSR count). The Hall–Kier alpha value is -1.88. The van der Waals surface area contributed by atoms with Crippen molar-refractivity contribution in [1.82, 2.24) is 9.55 Å². The molecule has 0 unspecified atom stereocenters. The zero-order valence-electron chi connectivity index (χ0n) is 10.9. The molecule has 0 saturated carbocycles. The average Bonchev–Trinajstić information content (AvgIpc) is 2.75. The minimum Gasteiger partial charge on any atom is -0.364 e. The van der Waals surface area contributed by atoms with Crippen molar-refractivity contribution in [1.29, 1.82) is 0 Å². The molecule has 1 aromatic carbocycles. The van der Waals surface area contributed by atoms with Crippen molar-refractivity contribution in [2.24, 2.45) is 5.73 Å². The van der Waals surface area contributed by atoms with Crippen LogP contribution in [0.5, 0.6) is 0 Å². The van der Waals surface area contributed by atoms with Crippen molar-refractivity contribution in [2.75, 3.05) is 11.4 Å².